The molecule has 0 aliphatic carbocycles. The lowest BCUT2D eigenvalue weighted by Gasteiger charge is -2.24. The Kier molecular flexibility index (Phi) is 5.78. The number of likely N-dealkylation sites (tertiary alicyclic amines) is 1. The minimum Gasteiger partial charge on any atom is -0.324 e. The molecule has 28 heavy (non-hydrogen) atoms. The van der Waals surface area contributed by atoms with Crippen LogP contribution >= 0.6 is 0 Å². The molecule has 0 radical (unpaired) electrons. The van der Waals surface area contributed by atoms with Gasteiger partial charge in [-0.15, -0.1) is 0 Å². The van der Waals surface area contributed by atoms with Crippen molar-refractivity contribution in [2.75, 3.05) is 17.2 Å². The fourth-order valence-electron chi connectivity index (χ4n) is 3.38. The number of hydrogen-bond donors (Lipinski definition) is 2. The summed E-state index contributed by atoms with van der Waals surface area (Å²) in [5.41, 5.74) is 3.88. The molecular formula is C22H25N3O3. The van der Waals surface area contributed by atoms with Gasteiger partial charge in [-0.1, -0.05) is 24.3 Å². The van der Waals surface area contributed by atoms with Crippen LogP contribution in [0.2, 0.25) is 0 Å². The van der Waals surface area contributed by atoms with E-state index in [1.807, 2.05) is 32.0 Å². The van der Waals surface area contributed by atoms with E-state index < -0.39 is 6.04 Å². The molecule has 2 aromatic rings. The minimum atomic E-state index is -0.518. The first kappa shape index (κ1) is 19.6. The normalized spacial score (nSPS) is 16.0. The second kappa shape index (κ2) is 8.25. The summed E-state index contributed by atoms with van der Waals surface area (Å²) in [6.07, 6.45) is 1.39. The van der Waals surface area contributed by atoms with E-state index in [-0.39, 0.29) is 17.7 Å². The van der Waals surface area contributed by atoms with Gasteiger partial charge in [0.2, 0.25) is 5.91 Å². The Balaban J connectivity index is 1.70. The van der Waals surface area contributed by atoms with Crippen LogP contribution in [0, 0.1) is 13.8 Å². The number of anilines is 2. The fourth-order valence-corrected chi connectivity index (χ4v) is 3.38. The van der Waals surface area contributed by atoms with Crippen LogP contribution in [0.3, 0.4) is 0 Å². The third kappa shape index (κ3) is 4.39. The largest absolute Gasteiger partial charge is 0.324 e. The number of hydrogen-bond acceptors (Lipinski definition) is 3. The summed E-state index contributed by atoms with van der Waals surface area (Å²) in [5.74, 6) is -0.248. The summed E-state index contributed by atoms with van der Waals surface area (Å²) < 4.78 is 0. The van der Waals surface area contributed by atoms with E-state index in [9.17, 15) is 14.4 Å². The SMILES string of the molecule is CC(=O)c1cccc(NC(=O)N2CCC[C@H]2C(=O)Nc2cc(C)ccc2C)c1. The molecule has 0 saturated carbocycles. The van der Waals surface area contributed by atoms with E-state index in [1.54, 1.807) is 29.2 Å². The summed E-state index contributed by atoms with van der Waals surface area (Å²) in [5, 5.41) is 5.76. The number of aryl methyl sites for hydroxylation is 2. The first-order valence-corrected chi connectivity index (χ1v) is 9.42. The van der Waals surface area contributed by atoms with Crippen LogP contribution in [0.15, 0.2) is 42.5 Å². The molecule has 1 saturated heterocycles. The molecule has 0 aromatic heterocycles. The number of Topliss-reactive ketones (excluding diaryl/α,β-unsaturated/α-hetero) is 1. The molecule has 0 bridgehead atoms. The Bertz CT molecular complexity index is 923. The van der Waals surface area contributed by atoms with Gasteiger partial charge in [-0.25, -0.2) is 4.79 Å². The molecule has 1 heterocycles. The van der Waals surface area contributed by atoms with Gasteiger partial charge in [0.1, 0.15) is 6.04 Å². The zero-order valence-electron chi connectivity index (χ0n) is 16.4. The van der Waals surface area contributed by atoms with Gasteiger partial charge < -0.3 is 15.5 Å². The van der Waals surface area contributed by atoms with Crippen LogP contribution in [0.4, 0.5) is 16.2 Å². The summed E-state index contributed by atoms with van der Waals surface area (Å²) in [6.45, 7) is 5.91. The Labute approximate surface area is 164 Å². The highest BCUT2D eigenvalue weighted by Gasteiger charge is 2.34. The third-order valence-electron chi connectivity index (χ3n) is 4.99. The Morgan fingerprint density at radius 1 is 1.04 bits per heavy atom. The Hall–Kier alpha value is -3.15. The summed E-state index contributed by atoms with van der Waals surface area (Å²) >= 11 is 0. The molecule has 6 nitrogen and oxygen atoms in total. The zero-order chi connectivity index (χ0) is 20.3. The number of amides is 3. The predicted molar refractivity (Wildman–Crippen MR) is 110 cm³/mol. The average Bonchev–Trinajstić information content (AvgIpc) is 3.15. The highest BCUT2D eigenvalue weighted by atomic mass is 16.2. The van der Waals surface area contributed by atoms with Gasteiger partial charge in [0, 0.05) is 23.5 Å². The molecule has 3 amide bonds. The predicted octanol–water partition coefficient (Wildman–Crippen LogP) is 4.14. The van der Waals surface area contributed by atoms with Crippen molar-refractivity contribution in [3.63, 3.8) is 0 Å². The van der Waals surface area contributed by atoms with E-state index in [0.717, 1.165) is 23.2 Å². The van der Waals surface area contributed by atoms with Crippen molar-refractivity contribution in [3.05, 3.63) is 59.2 Å². The number of rotatable bonds is 4. The fraction of sp³-hybridized carbons (Fsp3) is 0.318. The van der Waals surface area contributed by atoms with Crippen molar-refractivity contribution in [1.82, 2.24) is 4.90 Å². The Morgan fingerprint density at radius 3 is 2.57 bits per heavy atom. The van der Waals surface area contributed by atoms with Crippen molar-refractivity contribution in [1.29, 1.82) is 0 Å². The van der Waals surface area contributed by atoms with Crippen molar-refractivity contribution < 1.29 is 14.4 Å². The van der Waals surface area contributed by atoms with E-state index in [4.69, 9.17) is 0 Å². The maximum atomic E-state index is 12.8. The van der Waals surface area contributed by atoms with Gasteiger partial charge in [0.05, 0.1) is 0 Å². The van der Waals surface area contributed by atoms with Crippen molar-refractivity contribution in [2.45, 2.75) is 39.7 Å². The second-order valence-corrected chi connectivity index (χ2v) is 7.23. The van der Waals surface area contributed by atoms with Crippen LogP contribution in [0.5, 0.6) is 0 Å². The van der Waals surface area contributed by atoms with Gasteiger partial charge >= 0.3 is 6.03 Å². The highest BCUT2D eigenvalue weighted by Crippen LogP contribution is 2.23. The van der Waals surface area contributed by atoms with Gasteiger partial charge in [0.15, 0.2) is 5.78 Å². The number of nitrogens with one attached hydrogen (secondary N) is 2. The molecule has 1 fully saturated rings. The Morgan fingerprint density at radius 2 is 1.82 bits per heavy atom. The van der Waals surface area contributed by atoms with Crippen molar-refractivity contribution in [3.8, 4) is 0 Å². The van der Waals surface area contributed by atoms with Crippen LogP contribution in [0.1, 0.15) is 41.3 Å². The monoisotopic (exact) mass is 379 g/mol. The third-order valence-corrected chi connectivity index (χ3v) is 4.99. The van der Waals surface area contributed by atoms with Crippen molar-refractivity contribution >= 4 is 29.1 Å². The van der Waals surface area contributed by atoms with Crippen LogP contribution in [-0.2, 0) is 4.79 Å². The van der Waals surface area contributed by atoms with Gasteiger partial charge in [-0.05, 0) is 62.9 Å². The van der Waals surface area contributed by atoms with E-state index in [1.165, 1.54) is 6.92 Å². The van der Waals surface area contributed by atoms with Crippen LogP contribution in [-0.4, -0.2) is 35.2 Å². The summed E-state index contributed by atoms with van der Waals surface area (Å²) in [6, 6.07) is 11.8. The molecule has 1 atom stereocenters. The average molecular weight is 379 g/mol. The maximum absolute atomic E-state index is 12.8. The molecule has 0 unspecified atom stereocenters. The lowest BCUT2D eigenvalue weighted by atomic mass is 10.1. The highest BCUT2D eigenvalue weighted by molar-refractivity contribution is 6.01. The summed E-state index contributed by atoms with van der Waals surface area (Å²) in [4.78, 5) is 38.6. The lowest BCUT2D eigenvalue weighted by Crippen LogP contribution is -2.45. The molecule has 6 heteroatoms. The lowest BCUT2D eigenvalue weighted by molar-refractivity contribution is -0.119. The second-order valence-electron chi connectivity index (χ2n) is 7.23. The topological polar surface area (TPSA) is 78.5 Å². The standard InChI is InChI=1S/C22H25N3O3/c1-14-9-10-15(2)19(12-14)24-21(27)20-8-5-11-25(20)22(28)23-18-7-4-6-17(13-18)16(3)26/h4,6-7,9-10,12-13,20H,5,8,11H2,1-3H3,(H,23,28)(H,24,27)/t20-/m0/s1. The molecule has 1 aliphatic rings. The maximum Gasteiger partial charge on any atom is 0.322 e. The number of benzene rings is 2. The molecule has 3 rings (SSSR count). The minimum absolute atomic E-state index is 0.0666. The van der Waals surface area contributed by atoms with Gasteiger partial charge in [0.25, 0.3) is 0 Å². The molecular weight excluding hydrogens is 354 g/mol. The molecule has 2 N–H and O–H groups in total. The smallest absolute Gasteiger partial charge is 0.322 e. The molecule has 0 spiro atoms. The quantitative estimate of drug-likeness (QED) is 0.784. The first-order valence-electron chi connectivity index (χ1n) is 9.42. The zero-order valence-corrected chi connectivity index (χ0v) is 16.4. The van der Waals surface area contributed by atoms with E-state index in [0.29, 0.717) is 24.2 Å². The van der Waals surface area contributed by atoms with E-state index >= 15 is 0 Å². The molecule has 2 aromatic carbocycles. The van der Waals surface area contributed by atoms with Crippen molar-refractivity contribution in [2.24, 2.45) is 0 Å². The van der Waals surface area contributed by atoms with Gasteiger partial charge in [-0.3, -0.25) is 9.59 Å². The number of nitrogens with zero attached hydrogens (tertiary/aromatic N) is 1. The van der Waals surface area contributed by atoms with Crippen LogP contribution in [0.25, 0.3) is 0 Å². The van der Waals surface area contributed by atoms with Crippen LogP contribution < -0.4 is 10.6 Å². The molecule has 1 aliphatic heterocycles. The number of carbonyl (C=O) groups excluding carboxylic acids is 3. The van der Waals surface area contributed by atoms with E-state index in [2.05, 4.69) is 10.6 Å². The summed E-state index contributed by atoms with van der Waals surface area (Å²) in [7, 11) is 0. The number of urea groups is 1. The number of carbonyl (C=O) groups is 3. The first-order chi connectivity index (χ1) is 13.3. The number of ketones is 1. The van der Waals surface area contributed by atoms with Gasteiger partial charge in [-0.2, -0.15) is 0 Å². The molecule has 146 valence electrons.